The molecule has 2 bridgehead atoms. The molecule has 0 saturated heterocycles. The Morgan fingerprint density at radius 3 is 2.86 bits per heavy atom. The van der Waals surface area contributed by atoms with Gasteiger partial charge in [0.2, 0.25) is 5.91 Å². The summed E-state index contributed by atoms with van der Waals surface area (Å²) in [6.45, 7) is 0. The Labute approximate surface area is 134 Å². The predicted octanol–water partition coefficient (Wildman–Crippen LogP) is 2.85. The van der Waals surface area contributed by atoms with E-state index in [2.05, 4.69) is 5.32 Å². The first-order valence-corrected chi connectivity index (χ1v) is 9.10. The van der Waals surface area contributed by atoms with Gasteiger partial charge in [-0.3, -0.25) is 4.79 Å². The maximum atomic E-state index is 13.5. The third kappa shape index (κ3) is 2.35. The van der Waals surface area contributed by atoms with Gasteiger partial charge in [0.25, 0.3) is 0 Å². The van der Waals surface area contributed by atoms with Crippen molar-refractivity contribution in [1.82, 2.24) is 5.32 Å². The number of rotatable bonds is 2. The number of thioether (sulfide) groups is 1. The molecule has 0 spiro atoms. The number of fused-ring (bicyclic) bond motifs is 3. The molecule has 22 heavy (non-hydrogen) atoms. The van der Waals surface area contributed by atoms with Crippen LogP contribution in [0.1, 0.15) is 37.3 Å². The molecule has 0 aromatic heterocycles. The summed E-state index contributed by atoms with van der Waals surface area (Å²) in [5.74, 6) is 1.71. The molecule has 2 aliphatic carbocycles. The molecule has 4 rings (SSSR count). The van der Waals surface area contributed by atoms with E-state index in [0.29, 0.717) is 11.8 Å². The van der Waals surface area contributed by atoms with E-state index in [9.17, 15) is 9.18 Å². The van der Waals surface area contributed by atoms with Crippen LogP contribution in [-0.4, -0.2) is 17.7 Å². The third-order valence-corrected chi connectivity index (χ3v) is 6.73. The van der Waals surface area contributed by atoms with Crippen LogP contribution in [0.25, 0.3) is 0 Å². The molecule has 5 atom stereocenters. The van der Waals surface area contributed by atoms with Crippen molar-refractivity contribution in [3.05, 3.63) is 29.6 Å². The van der Waals surface area contributed by atoms with Gasteiger partial charge in [0.05, 0.1) is 12.0 Å². The van der Waals surface area contributed by atoms with Gasteiger partial charge in [0.15, 0.2) is 0 Å². The minimum Gasteiger partial charge on any atom is -0.349 e. The lowest BCUT2D eigenvalue weighted by atomic mass is 9.84. The molecule has 1 aromatic rings. The van der Waals surface area contributed by atoms with Crippen molar-refractivity contribution in [2.24, 2.45) is 23.5 Å². The van der Waals surface area contributed by atoms with Crippen LogP contribution < -0.4 is 11.1 Å². The van der Waals surface area contributed by atoms with Crippen molar-refractivity contribution < 1.29 is 9.18 Å². The van der Waals surface area contributed by atoms with Crippen molar-refractivity contribution in [3.63, 3.8) is 0 Å². The fraction of sp³-hybridized carbons (Fsp3) is 0.588. The van der Waals surface area contributed by atoms with Gasteiger partial charge in [-0.05, 0) is 61.3 Å². The lowest BCUT2D eigenvalue weighted by molar-refractivity contribution is -0.127. The highest BCUT2D eigenvalue weighted by atomic mass is 32.2. The zero-order chi connectivity index (χ0) is 15.3. The van der Waals surface area contributed by atoms with Gasteiger partial charge in [-0.15, -0.1) is 11.8 Å². The van der Waals surface area contributed by atoms with E-state index < -0.39 is 0 Å². The van der Waals surface area contributed by atoms with Crippen LogP contribution in [0.4, 0.5) is 4.39 Å². The van der Waals surface area contributed by atoms with Gasteiger partial charge >= 0.3 is 0 Å². The molecule has 2 saturated carbocycles. The second-order valence-corrected chi connectivity index (χ2v) is 7.95. The molecule has 5 unspecified atom stereocenters. The summed E-state index contributed by atoms with van der Waals surface area (Å²) in [5, 5.41) is 3.16. The van der Waals surface area contributed by atoms with Crippen LogP contribution in [0.5, 0.6) is 0 Å². The molecule has 118 valence electrons. The Hall–Kier alpha value is -1.07. The highest BCUT2D eigenvalue weighted by Gasteiger charge is 2.49. The Morgan fingerprint density at radius 1 is 1.27 bits per heavy atom. The Morgan fingerprint density at radius 2 is 2.09 bits per heavy atom. The van der Waals surface area contributed by atoms with E-state index in [0.717, 1.165) is 35.5 Å². The normalized spacial score (nSPS) is 36.2. The first-order valence-electron chi connectivity index (χ1n) is 8.11. The van der Waals surface area contributed by atoms with Gasteiger partial charge in [0, 0.05) is 16.7 Å². The number of nitrogens with one attached hydrogen (secondary N) is 1. The first-order chi connectivity index (χ1) is 10.6. The standard InChI is InChI=1S/C17H21FN2OS/c18-11-3-4-14-12(8-11)13(5-6-22-14)20-17(21)15-9-1-2-10(7-9)16(15)19/h3-4,8-10,13,15-16H,1-2,5-7,19H2,(H,20,21). The van der Waals surface area contributed by atoms with Gasteiger partial charge in [0.1, 0.15) is 5.82 Å². The molecule has 1 aliphatic heterocycles. The van der Waals surface area contributed by atoms with Crippen molar-refractivity contribution in [3.8, 4) is 0 Å². The first kappa shape index (κ1) is 14.5. The highest BCUT2D eigenvalue weighted by Crippen LogP contribution is 2.48. The van der Waals surface area contributed by atoms with Crippen LogP contribution in [0, 0.1) is 23.6 Å². The predicted molar refractivity (Wildman–Crippen MR) is 84.9 cm³/mol. The number of benzene rings is 1. The van der Waals surface area contributed by atoms with Crippen molar-refractivity contribution in [1.29, 1.82) is 0 Å². The summed E-state index contributed by atoms with van der Waals surface area (Å²) >= 11 is 1.73. The number of hydrogen-bond donors (Lipinski definition) is 2. The number of halogens is 1. The smallest absolute Gasteiger partial charge is 0.225 e. The van der Waals surface area contributed by atoms with Crippen LogP contribution in [-0.2, 0) is 4.79 Å². The minimum absolute atomic E-state index is 0.00342. The van der Waals surface area contributed by atoms with Crippen molar-refractivity contribution >= 4 is 17.7 Å². The van der Waals surface area contributed by atoms with Gasteiger partial charge in [-0.25, -0.2) is 4.39 Å². The van der Waals surface area contributed by atoms with Crippen molar-refractivity contribution in [2.75, 3.05) is 5.75 Å². The zero-order valence-electron chi connectivity index (χ0n) is 12.4. The maximum absolute atomic E-state index is 13.5. The zero-order valence-corrected chi connectivity index (χ0v) is 13.2. The Kier molecular flexibility index (Phi) is 3.65. The van der Waals surface area contributed by atoms with Gasteiger partial charge in [-0.1, -0.05) is 0 Å². The fourth-order valence-electron chi connectivity index (χ4n) is 4.51. The second-order valence-electron chi connectivity index (χ2n) is 6.82. The fourth-order valence-corrected chi connectivity index (χ4v) is 5.61. The molecule has 3 nitrogen and oxygen atoms in total. The number of amides is 1. The summed E-state index contributed by atoms with van der Waals surface area (Å²) in [6.07, 6.45) is 4.25. The molecule has 1 aromatic carbocycles. The van der Waals surface area contributed by atoms with E-state index in [4.69, 9.17) is 5.73 Å². The molecule has 2 fully saturated rings. The number of hydrogen-bond acceptors (Lipinski definition) is 3. The maximum Gasteiger partial charge on any atom is 0.225 e. The molecule has 1 amide bonds. The molecule has 1 heterocycles. The molecule has 5 heteroatoms. The largest absolute Gasteiger partial charge is 0.349 e. The molecule has 3 N–H and O–H groups in total. The van der Waals surface area contributed by atoms with E-state index in [1.807, 2.05) is 6.07 Å². The minimum atomic E-state index is -0.239. The van der Waals surface area contributed by atoms with Crippen LogP contribution in [0.2, 0.25) is 0 Å². The molecular formula is C17H21FN2OS. The van der Waals surface area contributed by atoms with Crippen LogP contribution >= 0.6 is 11.8 Å². The Bertz CT molecular complexity index is 606. The quantitative estimate of drug-likeness (QED) is 0.881. The van der Waals surface area contributed by atoms with Crippen molar-refractivity contribution in [2.45, 2.75) is 42.7 Å². The SMILES string of the molecule is NC1C2CCC(C2)C1C(=O)NC1CCSc2ccc(F)cc21. The third-order valence-electron chi connectivity index (χ3n) is 5.61. The number of carbonyl (C=O) groups excluding carboxylic acids is 1. The average molecular weight is 320 g/mol. The van der Waals surface area contributed by atoms with E-state index >= 15 is 0 Å². The average Bonchev–Trinajstić information content (AvgIpc) is 3.08. The molecule has 3 aliphatic rings. The highest BCUT2D eigenvalue weighted by molar-refractivity contribution is 7.99. The molecule has 0 radical (unpaired) electrons. The van der Waals surface area contributed by atoms with Gasteiger partial charge in [-0.2, -0.15) is 0 Å². The summed E-state index contributed by atoms with van der Waals surface area (Å²) in [6, 6.07) is 4.79. The summed E-state index contributed by atoms with van der Waals surface area (Å²) in [5.41, 5.74) is 7.18. The summed E-state index contributed by atoms with van der Waals surface area (Å²) in [4.78, 5) is 13.8. The summed E-state index contributed by atoms with van der Waals surface area (Å²) < 4.78 is 13.5. The van der Waals surface area contributed by atoms with Gasteiger partial charge < -0.3 is 11.1 Å². The lowest BCUT2D eigenvalue weighted by Crippen LogP contribution is -2.46. The molecular weight excluding hydrogens is 299 g/mol. The lowest BCUT2D eigenvalue weighted by Gasteiger charge is -2.31. The van der Waals surface area contributed by atoms with Crippen LogP contribution in [0.3, 0.4) is 0 Å². The van der Waals surface area contributed by atoms with E-state index in [-0.39, 0.29) is 29.7 Å². The monoisotopic (exact) mass is 320 g/mol. The van der Waals surface area contributed by atoms with E-state index in [1.165, 1.54) is 12.5 Å². The number of nitrogens with two attached hydrogens (primary N) is 1. The number of carbonyl (C=O) groups is 1. The second kappa shape index (κ2) is 5.53. The Balaban J connectivity index is 1.53. The summed E-state index contributed by atoms with van der Waals surface area (Å²) in [7, 11) is 0. The van der Waals surface area contributed by atoms with E-state index in [1.54, 1.807) is 17.8 Å². The van der Waals surface area contributed by atoms with Crippen LogP contribution in [0.15, 0.2) is 23.1 Å². The topological polar surface area (TPSA) is 55.1 Å².